The predicted octanol–water partition coefficient (Wildman–Crippen LogP) is 2.98. The molecule has 0 radical (unpaired) electrons. The fraction of sp³-hybridized carbons (Fsp3) is 0.941. The first-order valence-electron chi connectivity index (χ1n) is 8.72. The van der Waals surface area contributed by atoms with Crippen LogP contribution in [0.3, 0.4) is 0 Å². The van der Waals surface area contributed by atoms with Gasteiger partial charge in [0.2, 0.25) is 5.91 Å². The molecule has 0 aromatic carbocycles. The van der Waals surface area contributed by atoms with Crippen LogP contribution in [0.25, 0.3) is 0 Å². The summed E-state index contributed by atoms with van der Waals surface area (Å²) in [7, 11) is 0. The topological polar surface area (TPSA) is 55.6 Å². The van der Waals surface area contributed by atoms with Gasteiger partial charge < -0.3 is 15.4 Å². The smallest absolute Gasteiger partial charge is 0.226 e. The maximum Gasteiger partial charge on any atom is 0.226 e. The second-order valence-electron chi connectivity index (χ2n) is 6.80. The van der Waals surface area contributed by atoms with E-state index < -0.39 is 0 Å². The number of rotatable bonds is 7. The number of hydrogen-bond donors (Lipinski definition) is 1. The van der Waals surface area contributed by atoms with Crippen molar-refractivity contribution in [2.24, 2.45) is 17.1 Å². The first-order chi connectivity index (χ1) is 10.1. The van der Waals surface area contributed by atoms with Crippen molar-refractivity contribution in [3.8, 4) is 0 Å². The number of hydrogen-bond acceptors (Lipinski definition) is 3. The highest BCUT2D eigenvalue weighted by atomic mass is 35.5. The molecular weight excluding hydrogens is 300 g/mol. The zero-order valence-electron chi connectivity index (χ0n) is 14.3. The second kappa shape index (κ2) is 8.51. The molecule has 0 saturated heterocycles. The van der Waals surface area contributed by atoms with Crippen molar-refractivity contribution >= 4 is 18.3 Å². The van der Waals surface area contributed by atoms with Crippen LogP contribution in [0.4, 0.5) is 0 Å². The predicted molar refractivity (Wildman–Crippen MR) is 92.2 cm³/mol. The summed E-state index contributed by atoms with van der Waals surface area (Å²) >= 11 is 0. The van der Waals surface area contributed by atoms with E-state index in [9.17, 15) is 4.79 Å². The lowest BCUT2D eigenvalue weighted by atomic mass is 9.59. The largest absolute Gasteiger partial charge is 0.378 e. The van der Waals surface area contributed by atoms with Crippen LogP contribution in [-0.2, 0) is 9.53 Å². The van der Waals surface area contributed by atoms with Crippen LogP contribution in [0.15, 0.2) is 0 Å². The SMILES string of the molecule is CCCN(C(=O)C(C)CN)C1CC(OCC)C12CCCC2.Cl. The van der Waals surface area contributed by atoms with Gasteiger partial charge in [-0.3, -0.25) is 4.79 Å². The molecule has 2 fully saturated rings. The molecule has 2 aliphatic carbocycles. The third-order valence-corrected chi connectivity index (χ3v) is 5.54. The minimum atomic E-state index is -0.0684. The average Bonchev–Trinajstić information content (AvgIpc) is 3.00. The number of amides is 1. The minimum Gasteiger partial charge on any atom is -0.378 e. The van der Waals surface area contributed by atoms with Gasteiger partial charge in [0.05, 0.1) is 6.10 Å². The van der Waals surface area contributed by atoms with Gasteiger partial charge in [0.25, 0.3) is 0 Å². The molecule has 2 N–H and O–H groups in total. The van der Waals surface area contributed by atoms with Gasteiger partial charge in [-0.2, -0.15) is 0 Å². The lowest BCUT2D eigenvalue weighted by molar-refractivity contribution is -0.178. The summed E-state index contributed by atoms with van der Waals surface area (Å²) in [6.45, 7) is 8.24. The third-order valence-electron chi connectivity index (χ3n) is 5.54. The van der Waals surface area contributed by atoms with Crippen molar-refractivity contribution in [3.63, 3.8) is 0 Å². The van der Waals surface area contributed by atoms with Crippen molar-refractivity contribution in [3.05, 3.63) is 0 Å². The zero-order valence-corrected chi connectivity index (χ0v) is 15.2. The summed E-state index contributed by atoms with van der Waals surface area (Å²) in [6, 6.07) is 0.373. The lowest BCUT2D eigenvalue weighted by Gasteiger charge is -2.58. The number of carbonyl (C=O) groups is 1. The van der Waals surface area contributed by atoms with E-state index in [4.69, 9.17) is 10.5 Å². The number of nitrogens with zero attached hydrogens (tertiary/aromatic N) is 1. The molecule has 3 unspecified atom stereocenters. The van der Waals surface area contributed by atoms with E-state index in [0.29, 0.717) is 18.7 Å². The van der Waals surface area contributed by atoms with E-state index >= 15 is 0 Å². The molecule has 0 heterocycles. The van der Waals surface area contributed by atoms with Crippen LogP contribution in [0.2, 0.25) is 0 Å². The first-order valence-corrected chi connectivity index (χ1v) is 8.72. The van der Waals surface area contributed by atoms with Crippen molar-refractivity contribution in [2.45, 2.75) is 71.4 Å². The molecule has 0 aromatic rings. The second-order valence-corrected chi connectivity index (χ2v) is 6.80. The highest BCUT2D eigenvalue weighted by molar-refractivity contribution is 5.85. The molecule has 0 aromatic heterocycles. The fourth-order valence-electron chi connectivity index (χ4n) is 4.33. The van der Waals surface area contributed by atoms with Crippen LogP contribution in [0, 0.1) is 11.3 Å². The number of ether oxygens (including phenoxy) is 1. The summed E-state index contributed by atoms with van der Waals surface area (Å²) in [5.74, 6) is 0.173. The van der Waals surface area contributed by atoms with Gasteiger partial charge in [-0.05, 0) is 32.6 Å². The Bertz CT molecular complexity index is 359. The molecule has 5 heteroatoms. The summed E-state index contributed by atoms with van der Waals surface area (Å²) < 4.78 is 5.98. The molecule has 1 spiro atoms. The van der Waals surface area contributed by atoms with Gasteiger partial charge in [0, 0.05) is 37.1 Å². The Morgan fingerprint density at radius 3 is 2.50 bits per heavy atom. The molecule has 22 heavy (non-hydrogen) atoms. The zero-order chi connectivity index (χ0) is 15.5. The maximum atomic E-state index is 12.7. The maximum absolute atomic E-state index is 12.7. The Labute approximate surface area is 141 Å². The van der Waals surface area contributed by atoms with E-state index in [1.165, 1.54) is 25.7 Å². The number of nitrogens with two attached hydrogens (primary N) is 1. The van der Waals surface area contributed by atoms with Crippen molar-refractivity contribution in [1.82, 2.24) is 4.90 Å². The van der Waals surface area contributed by atoms with Crippen LogP contribution < -0.4 is 5.73 Å². The van der Waals surface area contributed by atoms with Gasteiger partial charge in [-0.15, -0.1) is 12.4 Å². The molecule has 130 valence electrons. The first kappa shape index (κ1) is 19.7. The monoisotopic (exact) mass is 332 g/mol. The molecular formula is C17H33ClN2O2. The summed E-state index contributed by atoms with van der Waals surface area (Å²) in [4.78, 5) is 14.8. The molecule has 0 aliphatic heterocycles. The fourth-order valence-corrected chi connectivity index (χ4v) is 4.33. The van der Waals surface area contributed by atoms with Gasteiger partial charge in [0.15, 0.2) is 0 Å². The highest BCUT2D eigenvalue weighted by Crippen LogP contribution is 2.56. The normalized spacial score (nSPS) is 27.1. The van der Waals surface area contributed by atoms with Gasteiger partial charge in [-0.25, -0.2) is 0 Å². The van der Waals surface area contributed by atoms with E-state index in [1.54, 1.807) is 0 Å². The van der Waals surface area contributed by atoms with E-state index in [0.717, 1.165) is 26.0 Å². The minimum absolute atomic E-state index is 0. The Hall–Kier alpha value is -0.320. The Morgan fingerprint density at radius 1 is 1.36 bits per heavy atom. The molecule has 4 nitrogen and oxygen atoms in total. The molecule has 1 amide bonds. The summed E-state index contributed by atoms with van der Waals surface area (Å²) in [5.41, 5.74) is 5.95. The van der Waals surface area contributed by atoms with Crippen LogP contribution >= 0.6 is 12.4 Å². The van der Waals surface area contributed by atoms with Crippen molar-refractivity contribution in [2.75, 3.05) is 19.7 Å². The lowest BCUT2D eigenvalue weighted by Crippen LogP contribution is -2.65. The van der Waals surface area contributed by atoms with Crippen LogP contribution in [0.5, 0.6) is 0 Å². The third kappa shape index (κ3) is 3.44. The Kier molecular flexibility index (Phi) is 7.63. The number of halogens is 1. The molecule has 0 bridgehead atoms. The summed E-state index contributed by atoms with van der Waals surface area (Å²) in [6.07, 6.45) is 7.36. The Morgan fingerprint density at radius 2 is 2.00 bits per heavy atom. The Balaban J connectivity index is 0.00000242. The van der Waals surface area contributed by atoms with E-state index in [-0.39, 0.29) is 29.6 Å². The van der Waals surface area contributed by atoms with Crippen LogP contribution in [-0.4, -0.2) is 42.6 Å². The average molecular weight is 333 g/mol. The quantitative estimate of drug-likeness (QED) is 0.779. The van der Waals surface area contributed by atoms with Crippen LogP contribution in [0.1, 0.15) is 59.3 Å². The van der Waals surface area contributed by atoms with Crippen molar-refractivity contribution in [1.29, 1.82) is 0 Å². The molecule has 2 rings (SSSR count). The van der Waals surface area contributed by atoms with E-state index in [1.807, 2.05) is 6.92 Å². The molecule has 2 saturated carbocycles. The van der Waals surface area contributed by atoms with Gasteiger partial charge >= 0.3 is 0 Å². The number of carbonyl (C=O) groups excluding carboxylic acids is 1. The van der Waals surface area contributed by atoms with Gasteiger partial charge in [-0.1, -0.05) is 26.7 Å². The summed E-state index contributed by atoms with van der Waals surface area (Å²) in [5, 5.41) is 0. The van der Waals surface area contributed by atoms with Gasteiger partial charge in [0.1, 0.15) is 0 Å². The standard InChI is InChI=1S/C17H32N2O2.ClH/c1-4-10-19(16(20)13(3)12-18)14-11-15(21-5-2)17(14)8-6-7-9-17;/h13-15H,4-12,18H2,1-3H3;1H. The molecule has 3 atom stereocenters. The van der Waals surface area contributed by atoms with Crippen molar-refractivity contribution < 1.29 is 9.53 Å². The highest BCUT2D eigenvalue weighted by Gasteiger charge is 2.59. The molecule has 2 aliphatic rings. The van der Waals surface area contributed by atoms with E-state index in [2.05, 4.69) is 18.7 Å².